The molecular weight excluding hydrogens is 358 g/mol. The van der Waals surface area contributed by atoms with Gasteiger partial charge in [0.1, 0.15) is 12.2 Å². The second kappa shape index (κ2) is 8.63. The van der Waals surface area contributed by atoms with Gasteiger partial charge in [0.25, 0.3) is 0 Å². The van der Waals surface area contributed by atoms with E-state index in [0.29, 0.717) is 5.57 Å². The molecule has 0 radical (unpaired) electrons. The van der Waals surface area contributed by atoms with Crippen LogP contribution >= 0.6 is 0 Å². The maximum Gasteiger partial charge on any atom is 0.340 e. The van der Waals surface area contributed by atoms with Crippen LogP contribution in [0.1, 0.15) is 30.4 Å². The molecule has 6 heteroatoms. The van der Waals surface area contributed by atoms with Gasteiger partial charge in [-0.05, 0) is 17.5 Å². The van der Waals surface area contributed by atoms with Crippen LogP contribution in [0.5, 0.6) is 0 Å². The molecule has 0 spiro atoms. The predicted molar refractivity (Wildman–Crippen MR) is 105 cm³/mol. The molecule has 0 saturated carbocycles. The number of benzene rings is 2. The van der Waals surface area contributed by atoms with Gasteiger partial charge in [-0.25, -0.2) is 4.79 Å². The number of esters is 1. The van der Waals surface area contributed by atoms with Crippen LogP contribution in [0, 0.1) is 0 Å². The van der Waals surface area contributed by atoms with Gasteiger partial charge in [0.15, 0.2) is 5.72 Å². The Morgan fingerprint density at radius 1 is 1.00 bits per heavy atom. The molecule has 6 nitrogen and oxygen atoms in total. The smallest absolute Gasteiger partial charge is 0.340 e. The maximum absolute atomic E-state index is 12.9. The van der Waals surface area contributed by atoms with Crippen molar-refractivity contribution in [3.8, 4) is 0 Å². The van der Waals surface area contributed by atoms with E-state index in [4.69, 9.17) is 9.84 Å². The molecule has 0 aliphatic carbocycles. The Morgan fingerprint density at radius 3 is 2.29 bits per heavy atom. The zero-order chi connectivity index (χ0) is 20.0. The molecule has 28 heavy (non-hydrogen) atoms. The topological polar surface area (TPSA) is 96.2 Å². The zero-order valence-electron chi connectivity index (χ0n) is 15.2. The Bertz CT molecular complexity index is 905. The fourth-order valence-corrected chi connectivity index (χ4v) is 3.10. The molecule has 1 atom stereocenters. The summed E-state index contributed by atoms with van der Waals surface area (Å²) in [7, 11) is 0. The van der Waals surface area contributed by atoms with Crippen LogP contribution in [-0.4, -0.2) is 34.1 Å². The van der Waals surface area contributed by atoms with E-state index in [0.717, 1.165) is 11.1 Å². The number of hydrogen-bond donors (Lipinski definition) is 2. The van der Waals surface area contributed by atoms with Gasteiger partial charge >= 0.3 is 11.9 Å². The fraction of sp³-hybridized carbons (Fsp3) is 0.227. The van der Waals surface area contributed by atoms with Gasteiger partial charge in [0, 0.05) is 24.6 Å². The van der Waals surface area contributed by atoms with Gasteiger partial charge < -0.3 is 14.9 Å². The van der Waals surface area contributed by atoms with Gasteiger partial charge in [0.05, 0.1) is 0 Å². The summed E-state index contributed by atoms with van der Waals surface area (Å²) in [6.07, 6.45) is 1.53. The highest BCUT2D eigenvalue weighted by atomic mass is 16.5. The van der Waals surface area contributed by atoms with E-state index >= 15 is 0 Å². The number of hydrogen-bond acceptors (Lipinski definition) is 5. The first kappa shape index (κ1) is 19.5. The summed E-state index contributed by atoms with van der Waals surface area (Å²) in [6, 6.07) is 18.4. The molecule has 0 saturated heterocycles. The third-order valence-electron chi connectivity index (χ3n) is 4.49. The number of aliphatic carboxylic acids is 1. The number of nitrogens with zero attached hydrogens (tertiary/aromatic N) is 1. The van der Waals surface area contributed by atoms with E-state index in [1.165, 1.54) is 6.21 Å². The SMILES string of the molecule is O=C(O)CCCC1(O)N=CC(c2ccccc2)=C1C(=O)OCc1ccccc1. The Labute approximate surface area is 162 Å². The lowest BCUT2D eigenvalue weighted by molar-refractivity contribution is -0.142. The van der Waals surface area contributed by atoms with Crippen LogP contribution in [0.2, 0.25) is 0 Å². The molecule has 2 aromatic rings. The Kier molecular flexibility index (Phi) is 6.01. The van der Waals surface area contributed by atoms with E-state index in [1.54, 1.807) is 0 Å². The third kappa shape index (κ3) is 4.53. The van der Waals surface area contributed by atoms with E-state index in [2.05, 4.69) is 4.99 Å². The first-order valence-corrected chi connectivity index (χ1v) is 9.00. The number of carboxylic acids is 1. The van der Waals surface area contributed by atoms with Crippen LogP contribution in [0.3, 0.4) is 0 Å². The van der Waals surface area contributed by atoms with Crippen molar-refractivity contribution in [1.82, 2.24) is 0 Å². The molecule has 0 bridgehead atoms. The first-order valence-electron chi connectivity index (χ1n) is 9.00. The fourth-order valence-electron chi connectivity index (χ4n) is 3.10. The van der Waals surface area contributed by atoms with Crippen molar-refractivity contribution in [3.63, 3.8) is 0 Å². The molecule has 1 aliphatic heterocycles. The summed E-state index contributed by atoms with van der Waals surface area (Å²) in [5.74, 6) is -1.64. The lowest BCUT2D eigenvalue weighted by atomic mass is 9.92. The second-order valence-corrected chi connectivity index (χ2v) is 6.54. The molecule has 2 N–H and O–H groups in total. The lowest BCUT2D eigenvalue weighted by Crippen LogP contribution is -2.32. The summed E-state index contributed by atoms with van der Waals surface area (Å²) in [5.41, 5.74) is 0.281. The lowest BCUT2D eigenvalue weighted by Gasteiger charge is -2.23. The Hall–Kier alpha value is -3.25. The van der Waals surface area contributed by atoms with E-state index in [-0.39, 0.29) is 31.4 Å². The summed E-state index contributed by atoms with van der Waals surface area (Å²) in [6.45, 7) is 0.0659. The quantitative estimate of drug-likeness (QED) is 0.687. The zero-order valence-corrected chi connectivity index (χ0v) is 15.2. The van der Waals surface area contributed by atoms with Crippen molar-refractivity contribution in [3.05, 3.63) is 77.4 Å². The summed E-state index contributed by atoms with van der Waals surface area (Å²) in [4.78, 5) is 27.8. The highest BCUT2D eigenvalue weighted by molar-refractivity contribution is 6.21. The monoisotopic (exact) mass is 379 g/mol. The molecule has 2 aromatic carbocycles. The number of carboxylic acid groups (broad SMARTS) is 1. The third-order valence-corrected chi connectivity index (χ3v) is 4.49. The Morgan fingerprint density at radius 2 is 1.64 bits per heavy atom. The molecule has 0 aromatic heterocycles. The number of rotatable bonds is 8. The maximum atomic E-state index is 12.9. The standard InChI is InChI=1S/C22H21NO5/c24-19(25)12-7-13-22(27)20(18(14-23-22)17-10-5-2-6-11-17)21(26)28-15-16-8-3-1-4-9-16/h1-6,8-11,14,27H,7,12-13,15H2,(H,24,25). The minimum atomic E-state index is -1.80. The minimum Gasteiger partial charge on any atom is -0.481 e. The Balaban J connectivity index is 1.86. The van der Waals surface area contributed by atoms with Crippen LogP contribution in [0.4, 0.5) is 0 Å². The molecule has 3 rings (SSSR count). The summed E-state index contributed by atoms with van der Waals surface area (Å²) >= 11 is 0. The molecule has 0 amide bonds. The molecule has 1 unspecified atom stereocenters. The average molecular weight is 379 g/mol. The van der Waals surface area contributed by atoms with Gasteiger partial charge in [-0.1, -0.05) is 60.7 Å². The van der Waals surface area contributed by atoms with E-state index in [9.17, 15) is 14.7 Å². The average Bonchev–Trinajstić information content (AvgIpc) is 3.05. The predicted octanol–water partition coefficient (Wildman–Crippen LogP) is 3.21. The van der Waals surface area contributed by atoms with Gasteiger partial charge in [-0.3, -0.25) is 9.79 Å². The van der Waals surface area contributed by atoms with Crippen molar-refractivity contribution in [2.24, 2.45) is 4.99 Å². The van der Waals surface area contributed by atoms with Gasteiger partial charge in [0.2, 0.25) is 0 Å². The van der Waals surface area contributed by atoms with Crippen LogP contribution in [0.15, 0.2) is 71.2 Å². The van der Waals surface area contributed by atoms with Gasteiger partial charge in [-0.15, -0.1) is 0 Å². The molecule has 1 aliphatic rings. The molecule has 144 valence electrons. The highest BCUT2D eigenvalue weighted by Crippen LogP contribution is 2.37. The van der Waals surface area contributed by atoms with Crippen LogP contribution < -0.4 is 0 Å². The van der Waals surface area contributed by atoms with E-state index in [1.807, 2.05) is 60.7 Å². The number of aliphatic hydroxyl groups is 1. The van der Waals surface area contributed by atoms with E-state index < -0.39 is 17.7 Å². The largest absolute Gasteiger partial charge is 0.481 e. The highest BCUT2D eigenvalue weighted by Gasteiger charge is 2.42. The van der Waals surface area contributed by atoms with Gasteiger partial charge in [-0.2, -0.15) is 0 Å². The normalized spacial score (nSPS) is 18.3. The second-order valence-electron chi connectivity index (χ2n) is 6.54. The van der Waals surface area contributed by atoms with Crippen molar-refractivity contribution in [2.75, 3.05) is 0 Å². The number of ether oxygens (including phenoxy) is 1. The first-order chi connectivity index (χ1) is 13.5. The van der Waals surface area contributed by atoms with Crippen molar-refractivity contribution in [2.45, 2.75) is 31.6 Å². The number of carbonyl (C=O) groups is 2. The number of aliphatic imine (C=N–C) groups is 1. The summed E-state index contributed by atoms with van der Waals surface area (Å²) < 4.78 is 5.43. The van der Waals surface area contributed by atoms with Crippen LogP contribution in [-0.2, 0) is 20.9 Å². The minimum absolute atomic E-state index is 0.0158. The molecule has 1 heterocycles. The summed E-state index contributed by atoms with van der Waals surface area (Å²) in [5, 5.41) is 19.9. The van der Waals surface area contributed by atoms with Crippen molar-refractivity contribution in [1.29, 1.82) is 0 Å². The van der Waals surface area contributed by atoms with Crippen molar-refractivity contribution < 1.29 is 24.5 Å². The van der Waals surface area contributed by atoms with Crippen LogP contribution in [0.25, 0.3) is 5.57 Å². The molecular formula is C22H21NO5. The number of allylic oxidation sites excluding steroid dienone is 1. The molecule has 0 fully saturated rings. The van der Waals surface area contributed by atoms with Crippen molar-refractivity contribution >= 4 is 23.7 Å². The number of carbonyl (C=O) groups excluding carboxylic acids is 1.